The van der Waals surface area contributed by atoms with Crippen LogP contribution in [0.3, 0.4) is 0 Å². The van der Waals surface area contributed by atoms with Crippen LogP contribution >= 0.6 is 0 Å². The van der Waals surface area contributed by atoms with Crippen LogP contribution in [-0.4, -0.2) is 18.6 Å². The van der Waals surface area contributed by atoms with Gasteiger partial charge in [0, 0.05) is 6.54 Å². The summed E-state index contributed by atoms with van der Waals surface area (Å²) in [6.45, 7) is 11.0. The third-order valence-electron chi connectivity index (χ3n) is 3.99. The molecule has 1 rings (SSSR count). The Morgan fingerprint density at radius 1 is 1.18 bits per heavy atom. The maximum atomic E-state index is 12.2. The van der Waals surface area contributed by atoms with E-state index in [0.717, 1.165) is 29.8 Å². The van der Waals surface area contributed by atoms with E-state index in [1.807, 2.05) is 26.0 Å². The van der Waals surface area contributed by atoms with Crippen LogP contribution in [0.25, 0.3) is 0 Å². The van der Waals surface area contributed by atoms with E-state index in [1.165, 1.54) is 19.3 Å². The number of amides is 1. The van der Waals surface area contributed by atoms with Crippen LogP contribution in [0.15, 0.2) is 18.2 Å². The van der Waals surface area contributed by atoms with Gasteiger partial charge in [-0.2, -0.15) is 0 Å². The predicted molar refractivity (Wildman–Crippen MR) is 92.3 cm³/mol. The maximum absolute atomic E-state index is 12.2. The second kappa shape index (κ2) is 9.50. The van der Waals surface area contributed by atoms with Crippen molar-refractivity contribution in [2.24, 2.45) is 5.92 Å². The first-order chi connectivity index (χ1) is 10.5. The minimum Gasteiger partial charge on any atom is -0.481 e. The molecule has 124 valence electrons. The van der Waals surface area contributed by atoms with Gasteiger partial charge in [0.1, 0.15) is 5.75 Å². The Hall–Kier alpha value is -1.51. The number of carbonyl (C=O) groups excluding carboxylic acids is 1. The summed E-state index contributed by atoms with van der Waals surface area (Å²) in [6, 6.07) is 6.02. The molecule has 0 radical (unpaired) electrons. The average molecular weight is 305 g/mol. The average Bonchev–Trinajstić information content (AvgIpc) is 2.46. The van der Waals surface area contributed by atoms with Gasteiger partial charge in [0.05, 0.1) is 0 Å². The standard InChI is InChI=1S/C19H31NO2/c1-6-8-9-17(7-2)13-20-19(21)16(5)22-18-11-14(3)10-15(4)12-18/h10-12,16-17H,6-9,13H2,1-5H3,(H,20,21). The molecule has 1 aromatic carbocycles. The Bertz CT molecular complexity index is 450. The highest BCUT2D eigenvalue weighted by atomic mass is 16.5. The zero-order valence-electron chi connectivity index (χ0n) is 14.7. The van der Waals surface area contributed by atoms with Gasteiger partial charge in [-0.3, -0.25) is 4.79 Å². The molecule has 2 atom stereocenters. The Morgan fingerprint density at radius 2 is 1.82 bits per heavy atom. The van der Waals surface area contributed by atoms with E-state index in [9.17, 15) is 4.79 Å². The Balaban J connectivity index is 2.47. The maximum Gasteiger partial charge on any atom is 0.260 e. The number of aryl methyl sites for hydroxylation is 2. The van der Waals surface area contributed by atoms with Gasteiger partial charge in [0.25, 0.3) is 5.91 Å². The van der Waals surface area contributed by atoms with Crippen LogP contribution in [0, 0.1) is 19.8 Å². The van der Waals surface area contributed by atoms with E-state index in [0.29, 0.717) is 5.92 Å². The number of rotatable bonds is 9. The molecule has 0 aliphatic heterocycles. The Morgan fingerprint density at radius 3 is 2.36 bits per heavy atom. The first-order valence-electron chi connectivity index (χ1n) is 8.48. The van der Waals surface area contributed by atoms with E-state index in [-0.39, 0.29) is 5.91 Å². The van der Waals surface area contributed by atoms with Gasteiger partial charge < -0.3 is 10.1 Å². The Labute approximate surface area is 135 Å². The quantitative estimate of drug-likeness (QED) is 0.734. The molecule has 1 amide bonds. The summed E-state index contributed by atoms with van der Waals surface area (Å²) in [5.74, 6) is 1.30. The first-order valence-corrected chi connectivity index (χ1v) is 8.48. The molecule has 1 N–H and O–H groups in total. The summed E-state index contributed by atoms with van der Waals surface area (Å²) in [7, 11) is 0. The molecule has 0 fully saturated rings. The number of hydrogen-bond donors (Lipinski definition) is 1. The summed E-state index contributed by atoms with van der Waals surface area (Å²) in [5.41, 5.74) is 2.29. The molecule has 1 aromatic rings. The second-order valence-electron chi connectivity index (χ2n) is 6.25. The number of ether oxygens (including phenoxy) is 1. The van der Waals surface area contributed by atoms with Crippen molar-refractivity contribution in [2.75, 3.05) is 6.54 Å². The zero-order valence-corrected chi connectivity index (χ0v) is 14.7. The number of hydrogen-bond acceptors (Lipinski definition) is 2. The van der Waals surface area contributed by atoms with Crippen molar-refractivity contribution in [3.05, 3.63) is 29.3 Å². The van der Waals surface area contributed by atoms with Gasteiger partial charge in [0.2, 0.25) is 0 Å². The second-order valence-corrected chi connectivity index (χ2v) is 6.25. The van der Waals surface area contributed by atoms with Crippen molar-refractivity contribution in [3.63, 3.8) is 0 Å². The zero-order chi connectivity index (χ0) is 16.5. The number of carbonyl (C=O) groups is 1. The third kappa shape index (κ3) is 6.50. The minimum atomic E-state index is -0.468. The van der Waals surface area contributed by atoms with Crippen molar-refractivity contribution in [1.82, 2.24) is 5.32 Å². The molecule has 0 saturated carbocycles. The monoisotopic (exact) mass is 305 g/mol. The molecule has 0 bridgehead atoms. The van der Waals surface area contributed by atoms with Gasteiger partial charge in [-0.1, -0.05) is 39.2 Å². The molecule has 0 aliphatic carbocycles. The van der Waals surface area contributed by atoms with Gasteiger partial charge in [-0.25, -0.2) is 0 Å². The molecule has 0 heterocycles. The van der Waals surface area contributed by atoms with E-state index in [1.54, 1.807) is 6.92 Å². The Kier molecular flexibility index (Phi) is 8.00. The fraction of sp³-hybridized carbons (Fsp3) is 0.632. The van der Waals surface area contributed by atoms with E-state index in [2.05, 4.69) is 25.2 Å². The molecule has 0 spiro atoms. The topological polar surface area (TPSA) is 38.3 Å². The minimum absolute atomic E-state index is 0.0332. The summed E-state index contributed by atoms with van der Waals surface area (Å²) >= 11 is 0. The lowest BCUT2D eigenvalue weighted by molar-refractivity contribution is -0.127. The van der Waals surface area contributed by atoms with Crippen molar-refractivity contribution >= 4 is 5.91 Å². The molecule has 0 aliphatic rings. The summed E-state index contributed by atoms with van der Waals surface area (Å²) in [4.78, 5) is 12.2. The smallest absolute Gasteiger partial charge is 0.260 e. The lowest BCUT2D eigenvalue weighted by Crippen LogP contribution is -2.38. The predicted octanol–water partition coefficient (Wildman–Crippen LogP) is 4.40. The van der Waals surface area contributed by atoms with Crippen LogP contribution in [0.2, 0.25) is 0 Å². The molecule has 0 aromatic heterocycles. The normalized spacial score (nSPS) is 13.5. The molecule has 3 nitrogen and oxygen atoms in total. The van der Waals surface area contributed by atoms with Gasteiger partial charge in [-0.15, -0.1) is 0 Å². The number of benzene rings is 1. The molecule has 3 heteroatoms. The van der Waals surface area contributed by atoms with Crippen molar-refractivity contribution < 1.29 is 9.53 Å². The molecule has 22 heavy (non-hydrogen) atoms. The first kappa shape index (κ1) is 18.5. The van der Waals surface area contributed by atoms with E-state index < -0.39 is 6.10 Å². The third-order valence-corrected chi connectivity index (χ3v) is 3.99. The van der Waals surface area contributed by atoms with E-state index >= 15 is 0 Å². The van der Waals surface area contributed by atoms with Crippen molar-refractivity contribution in [3.8, 4) is 5.75 Å². The van der Waals surface area contributed by atoms with Crippen molar-refractivity contribution in [2.45, 2.75) is 66.4 Å². The summed E-state index contributed by atoms with van der Waals surface area (Å²) in [5, 5.41) is 3.03. The van der Waals surface area contributed by atoms with Crippen LogP contribution < -0.4 is 10.1 Å². The number of nitrogens with one attached hydrogen (secondary N) is 1. The lowest BCUT2D eigenvalue weighted by atomic mass is 9.99. The SMILES string of the molecule is CCCCC(CC)CNC(=O)C(C)Oc1cc(C)cc(C)c1. The van der Waals surface area contributed by atoms with Gasteiger partial charge >= 0.3 is 0 Å². The summed E-state index contributed by atoms with van der Waals surface area (Å²) < 4.78 is 5.77. The van der Waals surface area contributed by atoms with Crippen LogP contribution in [0.1, 0.15) is 57.6 Å². The highest BCUT2D eigenvalue weighted by Crippen LogP contribution is 2.18. The van der Waals surface area contributed by atoms with Crippen LogP contribution in [-0.2, 0) is 4.79 Å². The van der Waals surface area contributed by atoms with Gasteiger partial charge in [0.15, 0.2) is 6.10 Å². The van der Waals surface area contributed by atoms with Crippen molar-refractivity contribution in [1.29, 1.82) is 0 Å². The molecular formula is C19H31NO2. The fourth-order valence-corrected chi connectivity index (χ4v) is 2.59. The van der Waals surface area contributed by atoms with E-state index in [4.69, 9.17) is 4.74 Å². The molecule has 0 saturated heterocycles. The molecule has 2 unspecified atom stereocenters. The fourth-order valence-electron chi connectivity index (χ4n) is 2.59. The molecular weight excluding hydrogens is 274 g/mol. The summed E-state index contributed by atoms with van der Waals surface area (Å²) in [6.07, 6.45) is 4.25. The lowest BCUT2D eigenvalue weighted by Gasteiger charge is -2.19. The largest absolute Gasteiger partial charge is 0.481 e. The number of unbranched alkanes of at least 4 members (excludes halogenated alkanes) is 1. The highest BCUT2D eigenvalue weighted by Gasteiger charge is 2.16. The van der Waals surface area contributed by atoms with Gasteiger partial charge in [-0.05, 0) is 56.4 Å². The van der Waals surface area contributed by atoms with Crippen LogP contribution in [0.5, 0.6) is 5.75 Å². The van der Waals surface area contributed by atoms with Crippen LogP contribution in [0.4, 0.5) is 0 Å². The highest BCUT2D eigenvalue weighted by molar-refractivity contribution is 5.80.